The number of hydrogen-bond acceptors (Lipinski definition) is 4. The third-order valence-corrected chi connectivity index (χ3v) is 11.2. The Hall–Kier alpha value is -6.72. The van der Waals surface area contributed by atoms with E-state index in [1.165, 1.54) is 27.8 Å². The minimum absolute atomic E-state index is 0.387. The van der Waals surface area contributed by atoms with Crippen LogP contribution in [0.2, 0.25) is 0 Å². The highest BCUT2D eigenvalue weighted by atomic mass is 16.6. The van der Waals surface area contributed by atoms with E-state index in [-0.39, 0.29) is 0 Å². The number of ether oxygens (including phenoxy) is 1. The number of rotatable bonds is 14. The molecule has 8 aromatic rings. The lowest BCUT2D eigenvalue weighted by Gasteiger charge is -2.26. The van der Waals surface area contributed by atoms with E-state index in [0.29, 0.717) is 19.4 Å². The molecule has 1 N–H and O–H groups in total. The highest BCUT2D eigenvalue weighted by molar-refractivity contribution is 5.80. The van der Waals surface area contributed by atoms with Gasteiger partial charge in [-0.25, -0.2) is 0 Å². The van der Waals surface area contributed by atoms with Crippen molar-refractivity contribution in [2.45, 2.75) is 46.8 Å². The lowest BCUT2D eigenvalue weighted by Crippen LogP contribution is -2.17. The molecule has 0 aromatic heterocycles. The molecule has 0 aliphatic carbocycles. The van der Waals surface area contributed by atoms with Gasteiger partial charge in [-0.2, -0.15) is 0 Å². The average Bonchev–Trinajstić information content (AvgIpc) is 3.27. The van der Waals surface area contributed by atoms with Gasteiger partial charge in [-0.15, -0.1) is 0 Å². The lowest BCUT2D eigenvalue weighted by molar-refractivity contribution is -0.0962. The SMILES string of the molecule is Cc1ccc(N(c2ccc(C)cc2)c2ccc(-c3ccccc3CCOC(O)Cc3ccccc3-c3ccc(N(c4ccc(C)cc4)c4ccc(C)cc4)cc3)cc2)cc1. The van der Waals surface area contributed by atoms with Crippen LogP contribution < -0.4 is 9.80 Å². The van der Waals surface area contributed by atoms with Crippen molar-refractivity contribution in [3.8, 4) is 22.3 Å². The second-order valence-electron chi connectivity index (χ2n) is 15.7. The Kier molecular flexibility index (Phi) is 12.3. The minimum Gasteiger partial charge on any atom is -0.368 e. The van der Waals surface area contributed by atoms with Crippen molar-refractivity contribution >= 4 is 34.1 Å². The maximum atomic E-state index is 11.2. The second-order valence-corrected chi connectivity index (χ2v) is 15.7. The number of hydrogen-bond donors (Lipinski definition) is 1. The van der Waals surface area contributed by atoms with Crippen LogP contribution in [-0.4, -0.2) is 18.0 Å². The van der Waals surface area contributed by atoms with E-state index in [1.54, 1.807) is 0 Å². The van der Waals surface area contributed by atoms with Crippen molar-refractivity contribution < 1.29 is 9.84 Å². The molecule has 0 bridgehead atoms. The smallest absolute Gasteiger partial charge is 0.158 e. The van der Waals surface area contributed by atoms with Gasteiger partial charge in [0, 0.05) is 40.5 Å². The molecule has 4 heteroatoms. The predicted molar refractivity (Wildman–Crippen MR) is 251 cm³/mol. The number of anilines is 6. The monoisotopic (exact) mass is 784 g/mol. The Morgan fingerprint density at radius 2 is 0.683 bits per heavy atom. The molecule has 4 nitrogen and oxygen atoms in total. The van der Waals surface area contributed by atoms with E-state index in [0.717, 1.165) is 61.9 Å². The van der Waals surface area contributed by atoms with Gasteiger partial charge in [0.2, 0.25) is 0 Å². The summed E-state index contributed by atoms with van der Waals surface area (Å²) in [7, 11) is 0. The maximum absolute atomic E-state index is 11.2. The molecule has 8 rings (SSSR count). The molecule has 0 radical (unpaired) electrons. The first-order valence-corrected chi connectivity index (χ1v) is 20.8. The first kappa shape index (κ1) is 40.1. The molecule has 0 saturated heterocycles. The highest BCUT2D eigenvalue weighted by Gasteiger charge is 2.17. The summed E-state index contributed by atoms with van der Waals surface area (Å²) in [5.74, 6) is 0. The summed E-state index contributed by atoms with van der Waals surface area (Å²) in [6.45, 7) is 8.86. The van der Waals surface area contributed by atoms with Crippen molar-refractivity contribution in [3.05, 3.63) is 228 Å². The number of aryl methyl sites for hydroxylation is 4. The molecule has 0 amide bonds. The first-order valence-electron chi connectivity index (χ1n) is 20.8. The van der Waals surface area contributed by atoms with E-state index in [1.807, 2.05) is 6.07 Å². The molecular weight excluding hydrogens is 733 g/mol. The molecule has 0 aliphatic rings. The van der Waals surface area contributed by atoms with Crippen LogP contribution in [0.5, 0.6) is 0 Å². The van der Waals surface area contributed by atoms with Gasteiger partial charge >= 0.3 is 0 Å². The zero-order valence-electron chi connectivity index (χ0n) is 34.9. The van der Waals surface area contributed by atoms with Crippen LogP contribution in [0.3, 0.4) is 0 Å². The van der Waals surface area contributed by atoms with Crippen LogP contribution >= 0.6 is 0 Å². The quantitative estimate of drug-likeness (QED) is 0.111. The maximum Gasteiger partial charge on any atom is 0.158 e. The van der Waals surface area contributed by atoms with Crippen LogP contribution in [0.15, 0.2) is 194 Å². The van der Waals surface area contributed by atoms with Crippen molar-refractivity contribution in [3.63, 3.8) is 0 Å². The summed E-state index contributed by atoms with van der Waals surface area (Å²) in [6, 6.07) is 68.9. The molecule has 0 fully saturated rings. The normalized spacial score (nSPS) is 11.6. The van der Waals surface area contributed by atoms with Crippen LogP contribution in [0.4, 0.5) is 34.1 Å². The fourth-order valence-corrected chi connectivity index (χ4v) is 7.80. The molecule has 8 aromatic carbocycles. The van der Waals surface area contributed by atoms with E-state index in [9.17, 15) is 5.11 Å². The molecule has 0 spiro atoms. The number of benzene rings is 8. The van der Waals surface area contributed by atoms with E-state index >= 15 is 0 Å². The Morgan fingerprint density at radius 1 is 0.383 bits per heavy atom. The average molecular weight is 785 g/mol. The molecule has 0 heterocycles. The van der Waals surface area contributed by atoms with Gasteiger partial charge < -0.3 is 19.6 Å². The van der Waals surface area contributed by atoms with E-state index < -0.39 is 6.29 Å². The fourth-order valence-electron chi connectivity index (χ4n) is 7.80. The van der Waals surface area contributed by atoms with Gasteiger partial charge in [0.05, 0.1) is 6.61 Å². The first-order chi connectivity index (χ1) is 29.3. The largest absolute Gasteiger partial charge is 0.368 e. The van der Waals surface area contributed by atoms with Crippen molar-refractivity contribution in [1.29, 1.82) is 0 Å². The summed E-state index contributed by atoms with van der Waals surface area (Å²) in [5, 5.41) is 11.2. The molecule has 0 aliphatic heterocycles. The highest BCUT2D eigenvalue weighted by Crippen LogP contribution is 2.38. The number of aliphatic hydroxyl groups is 1. The summed E-state index contributed by atoms with van der Waals surface area (Å²) < 4.78 is 6.10. The van der Waals surface area contributed by atoms with Crippen molar-refractivity contribution in [2.24, 2.45) is 0 Å². The standard InChI is InChI=1S/C56H52N2O2/c1-40-13-25-48(26-14-40)57(49-27-15-41(2)16-28-49)52-33-21-45(22-34-52)54-11-7-5-9-44(54)37-38-60-56(59)39-47-10-6-8-12-55(47)46-23-35-53(36-24-46)58(50-29-17-42(3)18-30-50)51-31-19-43(4)20-32-51/h5-36,56,59H,37-39H2,1-4H3. The molecule has 1 unspecified atom stereocenters. The van der Waals surface area contributed by atoms with E-state index in [4.69, 9.17) is 4.74 Å². The van der Waals surface area contributed by atoms with E-state index in [2.05, 4.69) is 226 Å². The van der Waals surface area contributed by atoms with Crippen molar-refractivity contribution in [1.82, 2.24) is 0 Å². The molecule has 1 atom stereocenters. The zero-order valence-corrected chi connectivity index (χ0v) is 34.9. The Bertz CT molecular complexity index is 2520. The number of nitrogens with zero attached hydrogens (tertiary/aromatic N) is 2. The van der Waals surface area contributed by atoms with Gasteiger partial charge in [0.15, 0.2) is 6.29 Å². The molecule has 298 valence electrons. The van der Waals surface area contributed by atoms with Crippen LogP contribution in [0.25, 0.3) is 22.3 Å². The van der Waals surface area contributed by atoms with Crippen LogP contribution in [-0.2, 0) is 17.6 Å². The summed E-state index contributed by atoms with van der Waals surface area (Å²) in [6.07, 6.45) is 0.123. The number of aliphatic hydroxyl groups excluding tert-OH is 1. The van der Waals surface area contributed by atoms with Gasteiger partial charge in [0.25, 0.3) is 0 Å². The van der Waals surface area contributed by atoms with Gasteiger partial charge in [0.1, 0.15) is 0 Å². The Morgan fingerprint density at radius 3 is 1.05 bits per heavy atom. The van der Waals surface area contributed by atoms with Gasteiger partial charge in [-0.05, 0) is 140 Å². The third kappa shape index (κ3) is 9.43. The zero-order chi connectivity index (χ0) is 41.4. The Balaban J connectivity index is 0.942. The molecule has 60 heavy (non-hydrogen) atoms. The fraction of sp³-hybridized carbons (Fsp3) is 0.143. The lowest BCUT2D eigenvalue weighted by atomic mass is 9.97. The van der Waals surface area contributed by atoms with Crippen LogP contribution in [0.1, 0.15) is 33.4 Å². The third-order valence-electron chi connectivity index (χ3n) is 11.2. The summed E-state index contributed by atoms with van der Waals surface area (Å²) in [5.41, 5.74) is 18.3. The second kappa shape index (κ2) is 18.5. The summed E-state index contributed by atoms with van der Waals surface area (Å²) in [4.78, 5) is 4.58. The minimum atomic E-state index is -0.940. The summed E-state index contributed by atoms with van der Waals surface area (Å²) >= 11 is 0. The van der Waals surface area contributed by atoms with Crippen LogP contribution in [0, 0.1) is 27.7 Å². The predicted octanol–water partition coefficient (Wildman–Crippen LogP) is 14.3. The Labute approximate surface area is 355 Å². The molecule has 0 saturated carbocycles. The van der Waals surface area contributed by atoms with Crippen molar-refractivity contribution in [2.75, 3.05) is 16.4 Å². The molecular formula is C56H52N2O2. The van der Waals surface area contributed by atoms with Gasteiger partial charge in [-0.1, -0.05) is 144 Å². The van der Waals surface area contributed by atoms with Gasteiger partial charge in [-0.3, -0.25) is 0 Å². The topological polar surface area (TPSA) is 35.9 Å².